The monoisotopic (exact) mass is 422 g/mol. The minimum absolute atomic E-state index is 0.00806. The van der Waals surface area contributed by atoms with E-state index >= 15 is 0 Å². The number of carbonyl (C=O) groups is 2. The van der Waals surface area contributed by atoms with E-state index in [9.17, 15) is 9.90 Å². The number of urea groups is 1. The second-order valence-corrected chi connectivity index (χ2v) is 7.84. The predicted molar refractivity (Wildman–Crippen MR) is 114 cm³/mol. The standard InChI is InChI=1S/C20H32N4O3.CH2O2/c1-22(2)9-10-23-7-5-18(6-8-23)21-20(26)24-11-12-27-19-4-3-16(15-25)13-17(19)14-24;2-1-3/h3-4,13,18,25H,5-12,14-15H2,1-2H3,(H,21,26);1H,(H,2,3). The minimum atomic E-state index is -0.250. The van der Waals surface area contributed by atoms with Crippen molar-refractivity contribution in [1.82, 2.24) is 20.0 Å². The molecule has 2 aliphatic rings. The summed E-state index contributed by atoms with van der Waals surface area (Å²) < 4.78 is 5.76. The van der Waals surface area contributed by atoms with Gasteiger partial charge in [-0.05, 0) is 44.6 Å². The summed E-state index contributed by atoms with van der Waals surface area (Å²) in [6.45, 7) is 5.53. The molecule has 2 amide bonds. The van der Waals surface area contributed by atoms with Crippen LogP contribution in [-0.4, -0.2) is 96.9 Å². The zero-order valence-electron chi connectivity index (χ0n) is 17.9. The van der Waals surface area contributed by atoms with Crippen molar-refractivity contribution >= 4 is 12.5 Å². The lowest BCUT2D eigenvalue weighted by Crippen LogP contribution is -2.50. The number of hydrogen-bond acceptors (Lipinski definition) is 6. The second kappa shape index (κ2) is 12.4. The van der Waals surface area contributed by atoms with Gasteiger partial charge in [0.1, 0.15) is 12.4 Å². The quantitative estimate of drug-likeness (QED) is 0.603. The highest BCUT2D eigenvalue weighted by Crippen LogP contribution is 2.24. The van der Waals surface area contributed by atoms with Gasteiger partial charge in [0.15, 0.2) is 0 Å². The van der Waals surface area contributed by atoms with Crippen LogP contribution in [0.3, 0.4) is 0 Å². The van der Waals surface area contributed by atoms with Crippen LogP contribution >= 0.6 is 0 Å². The Morgan fingerprint density at radius 3 is 2.63 bits per heavy atom. The molecule has 0 saturated carbocycles. The molecule has 0 unspecified atom stereocenters. The van der Waals surface area contributed by atoms with Gasteiger partial charge in [0.2, 0.25) is 0 Å². The van der Waals surface area contributed by atoms with Crippen LogP contribution in [0.15, 0.2) is 18.2 Å². The van der Waals surface area contributed by atoms with Gasteiger partial charge >= 0.3 is 6.03 Å². The summed E-state index contributed by atoms with van der Waals surface area (Å²) in [6, 6.07) is 5.88. The van der Waals surface area contributed by atoms with E-state index in [1.54, 1.807) is 0 Å². The molecular weight excluding hydrogens is 388 g/mol. The van der Waals surface area contributed by atoms with Gasteiger partial charge in [-0.3, -0.25) is 4.79 Å². The summed E-state index contributed by atoms with van der Waals surface area (Å²) in [5.74, 6) is 0.803. The number of amides is 2. The number of carbonyl (C=O) groups excluding carboxylic acids is 1. The molecular formula is C21H34N4O5. The number of benzene rings is 1. The fraction of sp³-hybridized carbons (Fsp3) is 0.619. The molecule has 1 aromatic rings. The molecule has 30 heavy (non-hydrogen) atoms. The van der Waals surface area contributed by atoms with Crippen molar-refractivity contribution in [2.24, 2.45) is 0 Å². The van der Waals surface area contributed by atoms with Crippen molar-refractivity contribution in [3.05, 3.63) is 29.3 Å². The maximum Gasteiger partial charge on any atom is 0.318 e. The molecule has 0 atom stereocenters. The number of carboxylic acid groups (broad SMARTS) is 1. The van der Waals surface area contributed by atoms with E-state index in [-0.39, 0.29) is 25.2 Å². The Bertz CT molecular complexity index is 677. The number of ether oxygens (including phenoxy) is 1. The molecule has 0 radical (unpaired) electrons. The SMILES string of the molecule is CN(C)CCN1CCC(NC(=O)N2CCOc3ccc(CO)cc3C2)CC1.O=CO. The summed E-state index contributed by atoms with van der Waals surface area (Å²) in [6.07, 6.45) is 1.99. The van der Waals surface area contributed by atoms with Gasteiger partial charge in [-0.1, -0.05) is 6.07 Å². The first-order chi connectivity index (χ1) is 14.5. The van der Waals surface area contributed by atoms with Crippen LogP contribution in [0.5, 0.6) is 5.75 Å². The highest BCUT2D eigenvalue weighted by molar-refractivity contribution is 5.74. The van der Waals surface area contributed by atoms with E-state index in [1.807, 2.05) is 23.1 Å². The number of likely N-dealkylation sites (tertiary alicyclic amines) is 1. The number of likely N-dealkylation sites (N-methyl/N-ethyl adjacent to an activating group) is 1. The van der Waals surface area contributed by atoms with Crippen LogP contribution in [0.1, 0.15) is 24.0 Å². The molecule has 1 fully saturated rings. The normalized spacial score (nSPS) is 17.3. The van der Waals surface area contributed by atoms with Crippen LogP contribution in [-0.2, 0) is 17.9 Å². The summed E-state index contributed by atoms with van der Waals surface area (Å²) in [4.78, 5) is 27.6. The van der Waals surface area contributed by atoms with Crippen molar-refractivity contribution in [1.29, 1.82) is 0 Å². The number of rotatable bonds is 5. The van der Waals surface area contributed by atoms with Gasteiger partial charge in [-0.15, -0.1) is 0 Å². The molecule has 3 N–H and O–H groups in total. The van der Waals surface area contributed by atoms with E-state index in [1.165, 1.54) is 0 Å². The number of nitrogens with one attached hydrogen (secondary N) is 1. The lowest BCUT2D eigenvalue weighted by molar-refractivity contribution is -0.122. The van der Waals surface area contributed by atoms with Crippen molar-refractivity contribution in [2.75, 3.05) is 53.4 Å². The first-order valence-electron chi connectivity index (χ1n) is 10.3. The molecule has 2 heterocycles. The third kappa shape index (κ3) is 7.47. The largest absolute Gasteiger partial charge is 0.491 e. The molecule has 9 nitrogen and oxygen atoms in total. The highest BCUT2D eigenvalue weighted by atomic mass is 16.5. The molecule has 1 aromatic carbocycles. The maximum absolute atomic E-state index is 12.8. The molecule has 0 aliphatic carbocycles. The number of fused-ring (bicyclic) bond motifs is 1. The number of hydrogen-bond donors (Lipinski definition) is 3. The lowest BCUT2D eigenvalue weighted by Gasteiger charge is -2.34. The fourth-order valence-electron chi connectivity index (χ4n) is 3.63. The number of aliphatic hydroxyl groups excluding tert-OH is 1. The predicted octanol–water partition coefficient (Wildman–Crippen LogP) is 0.810. The molecule has 9 heteroatoms. The van der Waals surface area contributed by atoms with Crippen LogP contribution in [0.25, 0.3) is 0 Å². The van der Waals surface area contributed by atoms with Crippen molar-refractivity contribution in [2.45, 2.75) is 32.0 Å². The Hall–Kier alpha value is -2.36. The van der Waals surface area contributed by atoms with Crippen molar-refractivity contribution < 1.29 is 24.5 Å². The average molecular weight is 423 g/mol. The molecule has 168 valence electrons. The summed E-state index contributed by atoms with van der Waals surface area (Å²) >= 11 is 0. The molecule has 0 bridgehead atoms. The highest BCUT2D eigenvalue weighted by Gasteiger charge is 2.25. The Balaban J connectivity index is 0.00000101. The van der Waals surface area contributed by atoms with Crippen molar-refractivity contribution in [3.8, 4) is 5.75 Å². The summed E-state index contributed by atoms with van der Waals surface area (Å²) in [5, 5.41) is 19.4. The van der Waals surface area contributed by atoms with E-state index < -0.39 is 0 Å². The number of aliphatic hydroxyl groups is 1. The van der Waals surface area contributed by atoms with Crippen LogP contribution < -0.4 is 10.1 Å². The van der Waals surface area contributed by atoms with Crippen LogP contribution in [0, 0.1) is 0 Å². The van der Waals surface area contributed by atoms with Gasteiger partial charge in [-0.2, -0.15) is 0 Å². The molecule has 3 rings (SSSR count). The van der Waals surface area contributed by atoms with E-state index in [0.717, 1.165) is 55.9 Å². The smallest absolute Gasteiger partial charge is 0.318 e. The van der Waals surface area contributed by atoms with Gasteiger partial charge < -0.3 is 35.0 Å². The summed E-state index contributed by atoms with van der Waals surface area (Å²) in [7, 11) is 4.19. The van der Waals surface area contributed by atoms with E-state index in [0.29, 0.717) is 19.7 Å². The lowest BCUT2D eigenvalue weighted by atomic mass is 10.1. The zero-order chi connectivity index (χ0) is 21.9. The zero-order valence-corrected chi connectivity index (χ0v) is 17.9. The van der Waals surface area contributed by atoms with Gasteiger partial charge in [0.25, 0.3) is 6.47 Å². The topological polar surface area (TPSA) is 106 Å². The minimum Gasteiger partial charge on any atom is -0.491 e. The van der Waals surface area contributed by atoms with E-state index in [4.69, 9.17) is 14.6 Å². The third-order valence-corrected chi connectivity index (χ3v) is 5.35. The first kappa shape index (κ1) is 23.9. The van der Waals surface area contributed by atoms with Gasteiger partial charge in [0, 0.05) is 37.8 Å². The van der Waals surface area contributed by atoms with Crippen LogP contribution in [0.4, 0.5) is 4.79 Å². The Kier molecular flexibility index (Phi) is 9.85. The Morgan fingerprint density at radius 1 is 1.30 bits per heavy atom. The average Bonchev–Trinajstić information content (AvgIpc) is 2.95. The fourth-order valence-corrected chi connectivity index (χ4v) is 3.63. The molecule has 1 saturated heterocycles. The van der Waals surface area contributed by atoms with Gasteiger partial charge in [0.05, 0.1) is 19.7 Å². The first-order valence-corrected chi connectivity index (χ1v) is 10.3. The Morgan fingerprint density at radius 2 is 2.00 bits per heavy atom. The summed E-state index contributed by atoms with van der Waals surface area (Å²) in [5.41, 5.74) is 1.79. The van der Waals surface area contributed by atoms with Gasteiger partial charge in [-0.25, -0.2) is 4.79 Å². The molecule has 2 aliphatic heterocycles. The van der Waals surface area contributed by atoms with Crippen molar-refractivity contribution in [3.63, 3.8) is 0 Å². The number of piperidine rings is 1. The second-order valence-electron chi connectivity index (χ2n) is 7.84. The molecule has 0 aromatic heterocycles. The maximum atomic E-state index is 12.8. The van der Waals surface area contributed by atoms with Crippen LogP contribution in [0.2, 0.25) is 0 Å². The number of nitrogens with zero attached hydrogens (tertiary/aromatic N) is 3. The Labute approximate surface area is 178 Å². The molecule has 0 spiro atoms. The third-order valence-electron chi connectivity index (χ3n) is 5.35. The van der Waals surface area contributed by atoms with E-state index in [2.05, 4.69) is 29.2 Å².